The number of aliphatic hydroxyl groups is 2. The van der Waals surface area contributed by atoms with Crippen LogP contribution in [0.5, 0.6) is 0 Å². The molecule has 0 fully saturated rings. The van der Waals surface area contributed by atoms with Crippen LogP contribution in [0.3, 0.4) is 0 Å². The van der Waals surface area contributed by atoms with Gasteiger partial charge >= 0.3 is 0 Å². The van der Waals surface area contributed by atoms with Crippen molar-refractivity contribution in [2.75, 3.05) is 13.2 Å². The molecule has 1 aromatic carbocycles. The normalized spacial score (nSPS) is 14.8. The Bertz CT molecular complexity index is 349. The fraction of sp³-hybridized carbons (Fsp3) is 0.455. The number of nitrogens with one attached hydrogen (secondary N) is 1. The lowest BCUT2D eigenvalue weighted by molar-refractivity contribution is 0.0924. The maximum absolute atomic E-state index is 9.21. The van der Waals surface area contributed by atoms with E-state index in [2.05, 4.69) is 21.2 Å². The average Bonchev–Trinajstić information content (AvgIpc) is 2.25. The lowest BCUT2D eigenvalue weighted by Gasteiger charge is -2.17. The first-order valence-corrected chi connectivity index (χ1v) is 6.19. The largest absolute Gasteiger partial charge is 0.394 e. The van der Waals surface area contributed by atoms with Crippen molar-refractivity contribution < 1.29 is 10.2 Å². The van der Waals surface area contributed by atoms with Gasteiger partial charge in [-0.1, -0.05) is 33.6 Å². The lowest BCUT2D eigenvalue weighted by Crippen LogP contribution is -2.31. The molecule has 0 radical (unpaired) electrons. The van der Waals surface area contributed by atoms with Gasteiger partial charge in [0.1, 0.15) is 0 Å². The van der Waals surface area contributed by atoms with Crippen LogP contribution >= 0.6 is 27.5 Å². The smallest absolute Gasteiger partial charge is 0.0895 e. The molecule has 2 atom stereocenters. The molecule has 5 heteroatoms. The molecular formula is C11H15BrClNO2. The SMILES string of the molecule is CC(NCC(O)CO)c1ccc(Br)cc1Cl. The van der Waals surface area contributed by atoms with E-state index in [1.807, 2.05) is 25.1 Å². The van der Waals surface area contributed by atoms with Crippen LogP contribution in [-0.2, 0) is 0 Å². The summed E-state index contributed by atoms with van der Waals surface area (Å²) < 4.78 is 0.934. The number of aliphatic hydroxyl groups excluding tert-OH is 2. The van der Waals surface area contributed by atoms with Crippen LogP contribution in [0.25, 0.3) is 0 Å². The van der Waals surface area contributed by atoms with E-state index in [1.165, 1.54) is 0 Å². The summed E-state index contributed by atoms with van der Waals surface area (Å²) in [4.78, 5) is 0. The molecule has 1 aromatic rings. The van der Waals surface area contributed by atoms with Crippen LogP contribution in [0.2, 0.25) is 5.02 Å². The summed E-state index contributed by atoms with van der Waals surface area (Å²) >= 11 is 9.43. The third-order valence-corrected chi connectivity index (χ3v) is 3.12. The van der Waals surface area contributed by atoms with Gasteiger partial charge in [-0.25, -0.2) is 0 Å². The van der Waals surface area contributed by atoms with Crippen molar-refractivity contribution in [1.82, 2.24) is 5.32 Å². The number of rotatable bonds is 5. The van der Waals surface area contributed by atoms with Gasteiger partial charge in [-0.2, -0.15) is 0 Å². The molecule has 0 aliphatic heterocycles. The maximum atomic E-state index is 9.21. The van der Waals surface area contributed by atoms with Crippen LogP contribution in [-0.4, -0.2) is 29.5 Å². The summed E-state index contributed by atoms with van der Waals surface area (Å²) in [7, 11) is 0. The molecule has 90 valence electrons. The molecule has 0 aromatic heterocycles. The highest BCUT2D eigenvalue weighted by atomic mass is 79.9. The van der Waals surface area contributed by atoms with Gasteiger partial charge in [0.15, 0.2) is 0 Å². The first-order chi connectivity index (χ1) is 7.54. The fourth-order valence-electron chi connectivity index (χ4n) is 1.34. The second kappa shape index (κ2) is 6.57. The molecule has 0 heterocycles. The molecule has 0 saturated heterocycles. The summed E-state index contributed by atoms with van der Waals surface area (Å²) in [5, 5.41) is 21.7. The van der Waals surface area contributed by atoms with Gasteiger partial charge in [0.05, 0.1) is 12.7 Å². The third-order valence-electron chi connectivity index (χ3n) is 2.30. The van der Waals surface area contributed by atoms with Crippen LogP contribution in [0, 0.1) is 0 Å². The van der Waals surface area contributed by atoms with Crippen molar-refractivity contribution in [2.24, 2.45) is 0 Å². The van der Waals surface area contributed by atoms with E-state index in [4.69, 9.17) is 16.7 Å². The van der Waals surface area contributed by atoms with Gasteiger partial charge in [-0.15, -0.1) is 0 Å². The Morgan fingerprint density at radius 1 is 1.50 bits per heavy atom. The summed E-state index contributed by atoms with van der Waals surface area (Å²) in [6.07, 6.45) is -0.739. The van der Waals surface area contributed by atoms with Gasteiger partial charge in [0, 0.05) is 22.1 Å². The minimum atomic E-state index is -0.739. The molecule has 1 rings (SSSR count). The van der Waals surface area contributed by atoms with Crippen molar-refractivity contribution in [2.45, 2.75) is 19.1 Å². The van der Waals surface area contributed by atoms with E-state index in [-0.39, 0.29) is 12.6 Å². The Morgan fingerprint density at radius 3 is 2.75 bits per heavy atom. The molecule has 16 heavy (non-hydrogen) atoms. The number of halogens is 2. The topological polar surface area (TPSA) is 52.5 Å². The molecule has 0 bridgehead atoms. The van der Waals surface area contributed by atoms with Crippen LogP contribution in [0.15, 0.2) is 22.7 Å². The van der Waals surface area contributed by atoms with E-state index in [0.29, 0.717) is 11.6 Å². The van der Waals surface area contributed by atoms with Crippen LogP contribution in [0.4, 0.5) is 0 Å². The number of benzene rings is 1. The highest BCUT2D eigenvalue weighted by Gasteiger charge is 2.11. The Hall–Kier alpha value is -0.130. The molecule has 3 N–H and O–H groups in total. The zero-order chi connectivity index (χ0) is 12.1. The van der Waals surface area contributed by atoms with Gasteiger partial charge in [0.25, 0.3) is 0 Å². The highest BCUT2D eigenvalue weighted by molar-refractivity contribution is 9.10. The van der Waals surface area contributed by atoms with Gasteiger partial charge in [-0.3, -0.25) is 0 Å². The minimum Gasteiger partial charge on any atom is -0.394 e. The Labute approximate surface area is 109 Å². The third kappa shape index (κ3) is 4.03. The number of hydrogen-bond donors (Lipinski definition) is 3. The summed E-state index contributed by atoms with van der Waals surface area (Å²) in [5.74, 6) is 0. The average molecular weight is 309 g/mol. The first-order valence-electron chi connectivity index (χ1n) is 5.02. The van der Waals surface area contributed by atoms with E-state index in [0.717, 1.165) is 10.0 Å². The Morgan fingerprint density at radius 2 is 2.19 bits per heavy atom. The summed E-state index contributed by atoms with van der Waals surface area (Å²) in [5.41, 5.74) is 0.968. The maximum Gasteiger partial charge on any atom is 0.0895 e. The van der Waals surface area contributed by atoms with Crippen molar-refractivity contribution >= 4 is 27.5 Å². The van der Waals surface area contributed by atoms with Gasteiger partial charge < -0.3 is 15.5 Å². The highest BCUT2D eigenvalue weighted by Crippen LogP contribution is 2.26. The predicted octanol–water partition coefficient (Wildman–Crippen LogP) is 2.11. The summed E-state index contributed by atoms with van der Waals surface area (Å²) in [6, 6.07) is 5.70. The molecule has 0 aliphatic carbocycles. The molecule has 3 nitrogen and oxygen atoms in total. The molecule has 2 unspecified atom stereocenters. The molecule has 0 saturated carbocycles. The molecule has 0 aliphatic rings. The quantitative estimate of drug-likeness (QED) is 0.781. The monoisotopic (exact) mass is 307 g/mol. The van der Waals surface area contributed by atoms with E-state index < -0.39 is 6.10 Å². The summed E-state index contributed by atoms with van der Waals surface area (Å²) in [6.45, 7) is 2.05. The van der Waals surface area contributed by atoms with Crippen molar-refractivity contribution in [3.05, 3.63) is 33.3 Å². The second-order valence-corrected chi connectivity index (χ2v) is 4.96. The van der Waals surface area contributed by atoms with Crippen molar-refractivity contribution in [3.8, 4) is 0 Å². The molecular weight excluding hydrogens is 293 g/mol. The van der Waals surface area contributed by atoms with Crippen molar-refractivity contribution in [3.63, 3.8) is 0 Å². The zero-order valence-corrected chi connectivity index (χ0v) is 11.3. The standard InChI is InChI=1S/C11H15BrClNO2/c1-7(14-5-9(16)6-15)10-3-2-8(12)4-11(10)13/h2-4,7,9,14-16H,5-6H2,1H3. The van der Waals surface area contributed by atoms with Crippen molar-refractivity contribution in [1.29, 1.82) is 0 Å². The van der Waals surface area contributed by atoms with Crippen LogP contribution < -0.4 is 5.32 Å². The van der Waals surface area contributed by atoms with Crippen LogP contribution in [0.1, 0.15) is 18.5 Å². The van der Waals surface area contributed by atoms with Gasteiger partial charge in [-0.05, 0) is 24.6 Å². The minimum absolute atomic E-state index is 0.0294. The van der Waals surface area contributed by atoms with Gasteiger partial charge in [0.2, 0.25) is 0 Å². The zero-order valence-electron chi connectivity index (χ0n) is 8.95. The second-order valence-electron chi connectivity index (χ2n) is 3.63. The predicted molar refractivity (Wildman–Crippen MR) is 68.7 cm³/mol. The Kier molecular flexibility index (Phi) is 5.72. The van der Waals surface area contributed by atoms with E-state index in [1.54, 1.807) is 0 Å². The lowest BCUT2D eigenvalue weighted by atomic mass is 10.1. The molecule has 0 amide bonds. The Balaban J connectivity index is 2.62. The molecule has 0 spiro atoms. The van der Waals surface area contributed by atoms with E-state index in [9.17, 15) is 5.11 Å². The fourth-order valence-corrected chi connectivity index (χ4v) is 2.18. The van der Waals surface area contributed by atoms with E-state index >= 15 is 0 Å². The number of hydrogen-bond acceptors (Lipinski definition) is 3. The first kappa shape index (κ1) is 13.9.